The van der Waals surface area contributed by atoms with Crippen molar-refractivity contribution < 1.29 is 20.1 Å². The zero-order chi connectivity index (χ0) is 13.1. The summed E-state index contributed by atoms with van der Waals surface area (Å²) in [5, 5.41) is 36.9. The van der Waals surface area contributed by atoms with Crippen LogP contribution in [-0.4, -0.2) is 34.3 Å². The molecule has 4 N–H and O–H groups in total. The fourth-order valence-corrected chi connectivity index (χ4v) is 1.84. The highest BCUT2D eigenvalue weighted by Crippen LogP contribution is 2.16. The molecule has 18 heavy (non-hydrogen) atoms. The van der Waals surface area contributed by atoms with E-state index in [0.29, 0.717) is 5.56 Å². The Morgan fingerprint density at radius 1 is 0.722 bits per heavy atom. The summed E-state index contributed by atoms with van der Waals surface area (Å²) < 4.78 is 0. The standard InChI is InChI=1S/C12H12B2O4/c15-13(16)10-6-7-11(12(8-10)14(17)18)9-4-2-1-3-5-9/h1-8,15-18H. The number of rotatable bonds is 3. The van der Waals surface area contributed by atoms with Crippen LogP contribution in [-0.2, 0) is 0 Å². The Kier molecular flexibility index (Phi) is 3.84. The molecule has 0 spiro atoms. The van der Waals surface area contributed by atoms with Crippen molar-refractivity contribution >= 4 is 25.2 Å². The van der Waals surface area contributed by atoms with Gasteiger partial charge in [0.1, 0.15) is 0 Å². The van der Waals surface area contributed by atoms with Crippen LogP contribution in [0.25, 0.3) is 11.1 Å². The maximum Gasteiger partial charge on any atom is 0.489 e. The smallest absolute Gasteiger partial charge is 0.423 e. The van der Waals surface area contributed by atoms with Gasteiger partial charge in [-0.15, -0.1) is 0 Å². The Balaban J connectivity index is 2.54. The number of benzene rings is 2. The van der Waals surface area contributed by atoms with Crippen LogP contribution in [0.4, 0.5) is 0 Å². The van der Waals surface area contributed by atoms with Crippen LogP contribution in [0.1, 0.15) is 0 Å². The lowest BCUT2D eigenvalue weighted by molar-refractivity contribution is 0.425. The van der Waals surface area contributed by atoms with Gasteiger partial charge in [-0.1, -0.05) is 48.5 Å². The lowest BCUT2D eigenvalue weighted by Gasteiger charge is -2.11. The van der Waals surface area contributed by atoms with Crippen molar-refractivity contribution in [1.82, 2.24) is 0 Å². The van der Waals surface area contributed by atoms with Gasteiger partial charge in [-0.05, 0) is 22.1 Å². The molecular formula is C12H12B2O4. The summed E-state index contributed by atoms with van der Waals surface area (Å²) in [5.74, 6) is 0. The van der Waals surface area contributed by atoms with E-state index in [9.17, 15) is 10.0 Å². The molecule has 0 amide bonds. The van der Waals surface area contributed by atoms with Crippen LogP contribution in [0, 0.1) is 0 Å². The third-order valence-electron chi connectivity index (χ3n) is 2.74. The first kappa shape index (κ1) is 12.9. The summed E-state index contributed by atoms with van der Waals surface area (Å²) in [4.78, 5) is 0. The van der Waals surface area contributed by atoms with Crippen molar-refractivity contribution in [3.8, 4) is 11.1 Å². The topological polar surface area (TPSA) is 80.9 Å². The minimum atomic E-state index is -1.67. The maximum atomic E-state index is 9.36. The largest absolute Gasteiger partial charge is 0.489 e. The van der Waals surface area contributed by atoms with Crippen molar-refractivity contribution in [2.24, 2.45) is 0 Å². The van der Waals surface area contributed by atoms with Gasteiger partial charge in [0.2, 0.25) is 0 Å². The van der Waals surface area contributed by atoms with E-state index >= 15 is 0 Å². The zero-order valence-electron chi connectivity index (χ0n) is 9.56. The van der Waals surface area contributed by atoms with Crippen molar-refractivity contribution in [2.45, 2.75) is 0 Å². The Bertz CT molecular complexity index is 529. The Labute approximate surface area is 105 Å². The second kappa shape index (κ2) is 5.37. The first-order chi connectivity index (χ1) is 8.59. The SMILES string of the molecule is OB(O)c1ccc(-c2ccccc2)c(B(O)O)c1. The van der Waals surface area contributed by atoms with E-state index in [0.717, 1.165) is 5.56 Å². The highest BCUT2D eigenvalue weighted by molar-refractivity contribution is 6.63. The summed E-state index contributed by atoms with van der Waals surface area (Å²) in [6, 6.07) is 13.8. The quantitative estimate of drug-likeness (QED) is 0.505. The van der Waals surface area contributed by atoms with E-state index in [-0.39, 0.29) is 10.9 Å². The molecule has 0 aliphatic carbocycles. The van der Waals surface area contributed by atoms with Gasteiger partial charge in [0, 0.05) is 0 Å². The minimum Gasteiger partial charge on any atom is -0.423 e. The van der Waals surface area contributed by atoms with Crippen LogP contribution in [0.5, 0.6) is 0 Å². The average molecular weight is 242 g/mol. The fraction of sp³-hybridized carbons (Fsp3) is 0. The molecule has 6 heteroatoms. The van der Waals surface area contributed by atoms with Crippen molar-refractivity contribution in [3.05, 3.63) is 48.5 Å². The third-order valence-corrected chi connectivity index (χ3v) is 2.74. The van der Waals surface area contributed by atoms with Crippen LogP contribution in [0.3, 0.4) is 0 Å². The summed E-state index contributed by atoms with van der Waals surface area (Å²) in [7, 11) is -3.30. The van der Waals surface area contributed by atoms with E-state index in [1.165, 1.54) is 6.07 Å². The van der Waals surface area contributed by atoms with Gasteiger partial charge in [-0.2, -0.15) is 0 Å². The second-order valence-electron chi connectivity index (χ2n) is 3.96. The molecule has 0 fully saturated rings. The highest BCUT2D eigenvalue weighted by Gasteiger charge is 2.20. The van der Waals surface area contributed by atoms with Crippen LogP contribution >= 0.6 is 0 Å². The zero-order valence-corrected chi connectivity index (χ0v) is 9.56. The fourth-order valence-electron chi connectivity index (χ4n) is 1.84. The predicted molar refractivity (Wildman–Crippen MR) is 71.5 cm³/mol. The molecule has 0 saturated heterocycles. The minimum absolute atomic E-state index is 0.220. The number of hydrogen-bond acceptors (Lipinski definition) is 4. The van der Waals surface area contributed by atoms with Crippen molar-refractivity contribution in [1.29, 1.82) is 0 Å². The molecular weight excluding hydrogens is 230 g/mol. The van der Waals surface area contributed by atoms with E-state index in [1.54, 1.807) is 12.1 Å². The van der Waals surface area contributed by atoms with E-state index in [2.05, 4.69) is 0 Å². The average Bonchev–Trinajstić information content (AvgIpc) is 2.39. The van der Waals surface area contributed by atoms with Crippen LogP contribution < -0.4 is 10.9 Å². The molecule has 0 aliphatic rings. The van der Waals surface area contributed by atoms with Gasteiger partial charge in [0.05, 0.1) is 0 Å². The lowest BCUT2D eigenvalue weighted by atomic mass is 9.70. The molecule has 0 aromatic heterocycles. The van der Waals surface area contributed by atoms with Gasteiger partial charge >= 0.3 is 14.2 Å². The molecule has 0 heterocycles. The van der Waals surface area contributed by atoms with E-state index in [4.69, 9.17) is 10.0 Å². The van der Waals surface area contributed by atoms with Crippen molar-refractivity contribution in [2.75, 3.05) is 0 Å². The maximum absolute atomic E-state index is 9.36. The van der Waals surface area contributed by atoms with Gasteiger partial charge in [0.15, 0.2) is 0 Å². The summed E-state index contributed by atoms with van der Waals surface area (Å²) in [6.07, 6.45) is 0. The monoisotopic (exact) mass is 242 g/mol. The molecule has 0 radical (unpaired) electrons. The molecule has 0 unspecified atom stereocenters. The molecule has 4 nitrogen and oxygen atoms in total. The first-order valence-corrected chi connectivity index (χ1v) is 5.51. The van der Waals surface area contributed by atoms with Crippen LogP contribution in [0.2, 0.25) is 0 Å². The summed E-state index contributed by atoms with van der Waals surface area (Å²) in [6.45, 7) is 0. The second-order valence-corrected chi connectivity index (χ2v) is 3.96. The van der Waals surface area contributed by atoms with Gasteiger partial charge < -0.3 is 20.1 Å². The van der Waals surface area contributed by atoms with Crippen molar-refractivity contribution in [3.63, 3.8) is 0 Å². The molecule has 2 aromatic carbocycles. The van der Waals surface area contributed by atoms with Crippen LogP contribution in [0.15, 0.2) is 48.5 Å². The third kappa shape index (κ3) is 2.63. The van der Waals surface area contributed by atoms with Gasteiger partial charge in [0.25, 0.3) is 0 Å². The first-order valence-electron chi connectivity index (χ1n) is 5.51. The van der Waals surface area contributed by atoms with E-state index < -0.39 is 14.2 Å². The molecule has 2 rings (SSSR count). The molecule has 0 saturated carbocycles. The highest BCUT2D eigenvalue weighted by atomic mass is 16.4. The van der Waals surface area contributed by atoms with Gasteiger partial charge in [-0.25, -0.2) is 0 Å². The molecule has 0 atom stereocenters. The normalized spacial score (nSPS) is 10.2. The van der Waals surface area contributed by atoms with E-state index in [1.807, 2.05) is 30.3 Å². The Hall–Kier alpha value is -1.59. The number of hydrogen-bond donors (Lipinski definition) is 4. The predicted octanol–water partition coefficient (Wildman–Crippen LogP) is -1.29. The summed E-state index contributed by atoms with van der Waals surface area (Å²) >= 11 is 0. The summed E-state index contributed by atoms with van der Waals surface area (Å²) in [5.41, 5.74) is 1.94. The molecule has 2 aromatic rings. The molecule has 90 valence electrons. The lowest BCUT2D eigenvalue weighted by Crippen LogP contribution is -2.39. The van der Waals surface area contributed by atoms with Gasteiger partial charge in [-0.3, -0.25) is 0 Å². The molecule has 0 aliphatic heterocycles. The Morgan fingerprint density at radius 2 is 1.39 bits per heavy atom. The Morgan fingerprint density at radius 3 is 1.94 bits per heavy atom. The molecule has 0 bridgehead atoms.